The molecule has 2 aromatic rings. The van der Waals surface area contributed by atoms with Crippen LogP contribution < -0.4 is 5.32 Å². The third-order valence-electron chi connectivity index (χ3n) is 3.10. The SMILES string of the molecule is O=C1NCCCn2c1cc1c(F)c(F)cc(Br)c12. The van der Waals surface area contributed by atoms with Crippen molar-refractivity contribution in [2.75, 3.05) is 6.54 Å². The Morgan fingerprint density at radius 2 is 2.11 bits per heavy atom. The summed E-state index contributed by atoms with van der Waals surface area (Å²) in [5.74, 6) is -2.09. The molecule has 6 heteroatoms. The van der Waals surface area contributed by atoms with Crippen molar-refractivity contribution in [3.63, 3.8) is 0 Å². The maximum atomic E-state index is 13.8. The van der Waals surface area contributed by atoms with Crippen LogP contribution in [0.25, 0.3) is 10.9 Å². The molecule has 0 radical (unpaired) electrons. The maximum Gasteiger partial charge on any atom is 0.267 e. The highest BCUT2D eigenvalue weighted by Gasteiger charge is 2.23. The van der Waals surface area contributed by atoms with Crippen molar-refractivity contribution in [2.24, 2.45) is 0 Å². The number of fused-ring (bicyclic) bond motifs is 3. The summed E-state index contributed by atoms with van der Waals surface area (Å²) in [6, 6.07) is 2.49. The molecule has 1 aromatic heterocycles. The van der Waals surface area contributed by atoms with Crippen molar-refractivity contribution in [1.82, 2.24) is 9.88 Å². The normalized spacial score (nSPS) is 15.4. The summed E-state index contributed by atoms with van der Waals surface area (Å²) in [5.41, 5.74) is 0.897. The Hall–Kier alpha value is -1.43. The fourth-order valence-corrected chi connectivity index (χ4v) is 2.92. The third kappa shape index (κ3) is 1.55. The second kappa shape index (κ2) is 4.05. The number of nitrogens with zero attached hydrogens (tertiary/aromatic N) is 1. The zero-order chi connectivity index (χ0) is 12.9. The summed E-state index contributed by atoms with van der Waals surface area (Å²) >= 11 is 3.23. The molecule has 2 heterocycles. The molecule has 18 heavy (non-hydrogen) atoms. The molecule has 1 aliphatic heterocycles. The molecule has 0 atom stereocenters. The molecule has 1 aromatic carbocycles. The first-order valence-electron chi connectivity index (χ1n) is 5.54. The van der Waals surface area contributed by atoms with Crippen molar-refractivity contribution in [2.45, 2.75) is 13.0 Å². The van der Waals surface area contributed by atoms with Crippen LogP contribution >= 0.6 is 15.9 Å². The maximum absolute atomic E-state index is 13.8. The lowest BCUT2D eigenvalue weighted by Gasteiger charge is -2.06. The van der Waals surface area contributed by atoms with E-state index in [1.807, 2.05) is 0 Å². The van der Waals surface area contributed by atoms with Gasteiger partial charge in [0.1, 0.15) is 5.69 Å². The second-order valence-electron chi connectivity index (χ2n) is 4.21. The number of halogens is 3. The first-order chi connectivity index (χ1) is 8.59. The average molecular weight is 315 g/mol. The monoisotopic (exact) mass is 314 g/mol. The highest BCUT2D eigenvalue weighted by molar-refractivity contribution is 9.10. The van der Waals surface area contributed by atoms with Gasteiger partial charge in [0, 0.05) is 22.9 Å². The number of hydrogen-bond donors (Lipinski definition) is 1. The Labute approximate surface area is 110 Å². The molecule has 0 saturated carbocycles. The minimum absolute atomic E-state index is 0.133. The topological polar surface area (TPSA) is 34.0 Å². The zero-order valence-corrected chi connectivity index (χ0v) is 10.9. The molecule has 3 rings (SSSR count). The smallest absolute Gasteiger partial charge is 0.267 e. The number of rotatable bonds is 0. The third-order valence-corrected chi connectivity index (χ3v) is 3.70. The lowest BCUT2D eigenvalue weighted by atomic mass is 10.2. The summed E-state index contributed by atoms with van der Waals surface area (Å²) in [6.45, 7) is 1.19. The molecule has 3 nitrogen and oxygen atoms in total. The minimum Gasteiger partial charge on any atom is -0.351 e. The molecule has 0 bridgehead atoms. The Bertz CT molecular complexity index is 666. The molecule has 0 saturated heterocycles. The summed E-state index contributed by atoms with van der Waals surface area (Å²) in [4.78, 5) is 11.8. The number of nitrogens with one attached hydrogen (secondary N) is 1. The standard InChI is InChI=1S/C12H9BrF2N2O/c13-7-5-8(14)10(15)6-4-9-12(18)16-2-1-3-17(9)11(6)7/h4-5H,1-3H2,(H,16,18). The van der Waals surface area contributed by atoms with Crippen LogP contribution in [0, 0.1) is 11.6 Å². The van der Waals surface area contributed by atoms with E-state index in [0.29, 0.717) is 28.8 Å². The fourth-order valence-electron chi connectivity index (χ4n) is 2.30. The molecule has 1 amide bonds. The first-order valence-corrected chi connectivity index (χ1v) is 6.34. The van der Waals surface area contributed by atoms with E-state index < -0.39 is 11.6 Å². The van der Waals surface area contributed by atoms with Crippen LogP contribution in [0.1, 0.15) is 16.9 Å². The van der Waals surface area contributed by atoms with Crippen LogP contribution in [0.3, 0.4) is 0 Å². The molecule has 0 fully saturated rings. The van der Waals surface area contributed by atoms with Gasteiger partial charge >= 0.3 is 0 Å². The Morgan fingerprint density at radius 1 is 1.33 bits per heavy atom. The fraction of sp³-hybridized carbons (Fsp3) is 0.250. The lowest BCUT2D eigenvalue weighted by molar-refractivity contribution is 0.0951. The van der Waals surface area contributed by atoms with E-state index in [4.69, 9.17) is 0 Å². The van der Waals surface area contributed by atoms with Crippen LogP contribution in [-0.2, 0) is 6.54 Å². The van der Waals surface area contributed by atoms with Gasteiger partial charge in [0.25, 0.3) is 5.91 Å². The summed E-state index contributed by atoms with van der Waals surface area (Å²) in [5, 5.41) is 2.86. The summed E-state index contributed by atoms with van der Waals surface area (Å²) < 4.78 is 29.3. The van der Waals surface area contributed by atoms with Crippen molar-refractivity contribution >= 4 is 32.7 Å². The molecule has 0 unspecified atom stereocenters. The predicted octanol–water partition coefficient (Wildman–Crippen LogP) is 2.82. The van der Waals surface area contributed by atoms with Crippen molar-refractivity contribution in [1.29, 1.82) is 0 Å². The van der Waals surface area contributed by atoms with Gasteiger partial charge in [0.2, 0.25) is 0 Å². The molecule has 94 valence electrons. The van der Waals surface area contributed by atoms with Crippen molar-refractivity contribution in [3.8, 4) is 0 Å². The van der Waals surface area contributed by atoms with Gasteiger partial charge in [-0.2, -0.15) is 0 Å². The van der Waals surface area contributed by atoms with E-state index in [1.165, 1.54) is 6.07 Å². The Balaban J connectivity index is 2.40. The zero-order valence-electron chi connectivity index (χ0n) is 9.27. The molecule has 0 aliphatic carbocycles. The highest BCUT2D eigenvalue weighted by atomic mass is 79.9. The molecule has 1 aliphatic rings. The minimum atomic E-state index is -0.921. The number of aryl methyl sites for hydroxylation is 1. The van der Waals surface area contributed by atoms with Crippen LogP contribution in [0.4, 0.5) is 8.78 Å². The lowest BCUT2D eigenvalue weighted by Crippen LogP contribution is -2.22. The van der Waals surface area contributed by atoms with Gasteiger partial charge in [-0.15, -0.1) is 0 Å². The van der Waals surface area contributed by atoms with Gasteiger partial charge < -0.3 is 9.88 Å². The quantitative estimate of drug-likeness (QED) is 0.745. The summed E-state index contributed by atoms with van der Waals surface area (Å²) in [7, 11) is 0. The number of carbonyl (C=O) groups is 1. The van der Waals surface area contributed by atoms with Gasteiger partial charge in [0.05, 0.1) is 5.52 Å². The number of hydrogen-bond acceptors (Lipinski definition) is 1. The molecular weight excluding hydrogens is 306 g/mol. The number of benzene rings is 1. The predicted molar refractivity (Wildman–Crippen MR) is 66.5 cm³/mol. The van der Waals surface area contributed by atoms with E-state index >= 15 is 0 Å². The Kier molecular flexibility index (Phi) is 2.62. The number of carbonyl (C=O) groups excluding carboxylic acids is 1. The van der Waals surface area contributed by atoms with Crippen LogP contribution in [0.15, 0.2) is 16.6 Å². The second-order valence-corrected chi connectivity index (χ2v) is 5.06. The summed E-state index contributed by atoms with van der Waals surface area (Å²) in [6.07, 6.45) is 0.758. The van der Waals surface area contributed by atoms with E-state index in [9.17, 15) is 13.6 Å². The van der Waals surface area contributed by atoms with Gasteiger partial charge in [-0.1, -0.05) is 0 Å². The van der Waals surface area contributed by atoms with E-state index in [-0.39, 0.29) is 11.3 Å². The number of amides is 1. The van der Waals surface area contributed by atoms with E-state index in [1.54, 1.807) is 4.57 Å². The van der Waals surface area contributed by atoms with E-state index in [0.717, 1.165) is 12.5 Å². The van der Waals surface area contributed by atoms with Crippen molar-refractivity contribution < 1.29 is 13.6 Å². The Morgan fingerprint density at radius 3 is 2.89 bits per heavy atom. The first kappa shape index (κ1) is 11.6. The highest BCUT2D eigenvalue weighted by Crippen LogP contribution is 2.32. The largest absolute Gasteiger partial charge is 0.351 e. The molecular formula is C12H9BrF2N2O. The van der Waals surface area contributed by atoms with Gasteiger partial charge in [-0.25, -0.2) is 8.78 Å². The molecule has 1 N–H and O–H groups in total. The van der Waals surface area contributed by atoms with Crippen molar-refractivity contribution in [3.05, 3.63) is 33.9 Å². The van der Waals surface area contributed by atoms with Crippen LogP contribution in [-0.4, -0.2) is 17.0 Å². The molecule has 0 spiro atoms. The van der Waals surface area contributed by atoms with Crippen LogP contribution in [0.5, 0.6) is 0 Å². The van der Waals surface area contributed by atoms with Gasteiger partial charge in [0.15, 0.2) is 11.6 Å². The van der Waals surface area contributed by atoms with Crippen LogP contribution in [0.2, 0.25) is 0 Å². The van der Waals surface area contributed by atoms with Gasteiger partial charge in [-0.05, 0) is 34.5 Å². The number of aromatic nitrogens is 1. The van der Waals surface area contributed by atoms with Gasteiger partial charge in [-0.3, -0.25) is 4.79 Å². The van der Waals surface area contributed by atoms with E-state index in [2.05, 4.69) is 21.2 Å². The average Bonchev–Trinajstić information content (AvgIpc) is 2.63.